The zero-order chi connectivity index (χ0) is 12.4. The van der Waals surface area contributed by atoms with Crippen LogP contribution in [0.2, 0.25) is 0 Å². The van der Waals surface area contributed by atoms with Crippen molar-refractivity contribution in [3.8, 4) is 5.69 Å². The van der Waals surface area contributed by atoms with Crippen molar-refractivity contribution in [3.05, 3.63) is 64.1 Å². The third-order valence-corrected chi connectivity index (χ3v) is 2.51. The first kappa shape index (κ1) is 11.1. The summed E-state index contributed by atoms with van der Waals surface area (Å²) in [6.45, 7) is 1.67. The van der Waals surface area contributed by atoms with Crippen LogP contribution >= 0.6 is 0 Å². The van der Waals surface area contributed by atoms with Crippen LogP contribution < -0.4 is 5.56 Å². The Morgan fingerprint density at radius 2 is 1.76 bits per heavy atom. The molecule has 17 heavy (non-hydrogen) atoms. The molecule has 2 rings (SSSR count). The van der Waals surface area contributed by atoms with Gasteiger partial charge in [0.05, 0.1) is 0 Å². The van der Waals surface area contributed by atoms with E-state index in [1.165, 1.54) is 16.7 Å². The number of aromatic carboxylic acids is 1. The van der Waals surface area contributed by atoms with Crippen molar-refractivity contribution >= 4 is 5.97 Å². The number of rotatable bonds is 2. The van der Waals surface area contributed by atoms with Crippen molar-refractivity contribution in [1.29, 1.82) is 0 Å². The first-order valence-electron chi connectivity index (χ1n) is 5.12. The number of pyridine rings is 1. The lowest BCUT2D eigenvalue weighted by molar-refractivity contribution is 0.0686. The summed E-state index contributed by atoms with van der Waals surface area (Å²) in [5.74, 6) is -1.11. The van der Waals surface area contributed by atoms with Gasteiger partial charge in [-0.3, -0.25) is 9.36 Å². The largest absolute Gasteiger partial charge is 0.477 e. The zero-order valence-electron chi connectivity index (χ0n) is 9.25. The van der Waals surface area contributed by atoms with E-state index in [0.29, 0.717) is 11.3 Å². The second-order valence-corrected chi connectivity index (χ2v) is 3.68. The van der Waals surface area contributed by atoms with Crippen LogP contribution in [-0.2, 0) is 0 Å². The molecule has 0 atom stereocenters. The zero-order valence-corrected chi connectivity index (χ0v) is 9.25. The maximum Gasteiger partial charge on any atom is 0.353 e. The summed E-state index contributed by atoms with van der Waals surface area (Å²) in [7, 11) is 0. The van der Waals surface area contributed by atoms with Gasteiger partial charge in [-0.2, -0.15) is 0 Å². The average molecular weight is 229 g/mol. The highest BCUT2D eigenvalue weighted by molar-refractivity contribution is 5.88. The van der Waals surface area contributed by atoms with Crippen LogP contribution in [0.1, 0.15) is 16.1 Å². The second kappa shape index (κ2) is 4.25. The summed E-state index contributed by atoms with van der Waals surface area (Å²) in [5.41, 5.74) is 0.766. The van der Waals surface area contributed by atoms with Crippen LogP contribution in [0.4, 0.5) is 0 Å². The van der Waals surface area contributed by atoms with Crippen molar-refractivity contribution in [1.82, 2.24) is 4.57 Å². The summed E-state index contributed by atoms with van der Waals surface area (Å²) in [4.78, 5) is 23.0. The number of carboxylic acid groups (broad SMARTS) is 1. The van der Waals surface area contributed by atoms with Crippen molar-refractivity contribution < 1.29 is 9.90 Å². The lowest BCUT2D eigenvalue weighted by Gasteiger charge is -2.11. The summed E-state index contributed by atoms with van der Waals surface area (Å²) in [5, 5.41) is 9.17. The standard InChI is InChI=1S/C13H11NO3/c1-9-7-8-11(15)14(12(9)13(16)17)10-5-3-2-4-6-10/h2-8H,1H3,(H,16,17). The van der Waals surface area contributed by atoms with Crippen molar-refractivity contribution in [3.63, 3.8) is 0 Å². The minimum atomic E-state index is -1.11. The Hall–Kier alpha value is -2.36. The number of hydrogen-bond donors (Lipinski definition) is 1. The third kappa shape index (κ3) is 1.97. The Labute approximate surface area is 97.8 Å². The SMILES string of the molecule is Cc1ccc(=O)n(-c2ccccc2)c1C(=O)O. The predicted molar refractivity (Wildman–Crippen MR) is 63.7 cm³/mol. The number of aryl methyl sites for hydroxylation is 1. The molecule has 4 heteroatoms. The fourth-order valence-electron chi connectivity index (χ4n) is 1.73. The number of nitrogens with zero attached hydrogens (tertiary/aromatic N) is 1. The molecule has 0 bridgehead atoms. The summed E-state index contributed by atoms with van der Waals surface area (Å²) < 4.78 is 1.21. The number of carboxylic acids is 1. The topological polar surface area (TPSA) is 59.3 Å². The Morgan fingerprint density at radius 3 is 2.35 bits per heavy atom. The van der Waals surface area contributed by atoms with E-state index in [-0.39, 0.29) is 11.3 Å². The summed E-state index contributed by atoms with van der Waals surface area (Å²) >= 11 is 0. The lowest BCUT2D eigenvalue weighted by Crippen LogP contribution is -2.24. The Morgan fingerprint density at radius 1 is 1.12 bits per heavy atom. The maximum atomic E-state index is 11.8. The van der Waals surface area contributed by atoms with Gasteiger partial charge in [0.2, 0.25) is 0 Å². The van der Waals surface area contributed by atoms with Gasteiger partial charge in [-0.15, -0.1) is 0 Å². The molecule has 0 saturated heterocycles. The fraction of sp³-hybridized carbons (Fsp3) is 0.0769. The molecule has 4 nitrogen and oxygen atoms in total. The maximum absolute atomic E-state index is 11.8. The molecule has 1 aromatic heterocycles. The van der Waals surface area contributed by atoms with Gasteiger partial charge in [-0.05, 0) is 24.6 Å². The van der Waals surface area contributed by atoms with Crippen molar-refractivity contribution in [2.45, 2.75) is 6.92 Å². The van der Waals surface area contributed by atoms with Gasteiger partial charge in [0.1, 0.15) is 5.69 Å². The minimum Gasteiger partial charge on any atom is -0.477 e. The highest BCUT2D eigenvalue weighted by Gasteiger charge is 2.15. The molecule has 86 valence electrons. The molecule has 2 aromatic rings. The Balaban J connectivity index is 2.81. The molecule has 1 aromatic carbocycles. The normalized spacial score (nSPS) is 10.2. The molecule has 0 unspecified atom stereocenters. The molecule has 0 amide bonds. The average Bonchev–Trinajstić information content (AvgIpc) is 2.32. The van der Waals surface area contributed by atoms with E-state index in [0.717, 1.165) is 0 Å². The minimum absolute atomic E-state index is 0.00343. The van der Waals surface area contributed by atoms with E-state index in [1.54, 1.807) is 31.2 Å². The van der Waals surface area contributed by atoms with E-state index >= 15 is 0 Å². The number of aromatic nitrogens is 1. The smallest absolute Gasteiger partial charge is 0.353 e. The van der Waals surface area contributed by atoms with Crippen LogP contribution in [-0.4, -0.2) is 15.6 Å². The molecular formula is C13H11NO3. The summed E-state index contributed by atoms with van der Waals surface area (Å²) in [6, 6.07) is 11.6. The molecule has 0 radical (unpaired) electrons. The van der Waals surface area contributed by atoms with Gasteiger partial charge in [-0.25, -0.2) is 4.79 Å². The van der Waals surface area contributed by atoms with Crippen LogP contribution in [0.3, 0.4) is 0 Å². The van der Waals surface area contributed by atoms with Crippen molar-refractivity contribution in [2.75, 3.05) is 0 Å². The highest BCUT2D eigenvalue weighted by atomic mass is 16.4. The lowest BCUT2D eigenvalue weighted by atomic mass is 10.2. The molecule has 1 N–H and O–H groups in total. The van der Waals surface area contributed by atoms with Crippen LogP contribution in [0.15, 0.2) is 47.3 Å². The Kier molecular flexibility index (Phi) is 2.78. The van der Waals surface area contributed by atoms with Crippen molar-refractivity contribution in [2.24, 2.45) is 0 Å². The predicted octanol–water partition coefficient (Wildman–Crippen LogP) is 1.84. The molecule has 0 aliphatic heterocycles. The molecule has 1 heterocycles. The van der Waals surface area contributed by atoms with E-state index in [4.69, 9.17) is 0 Å². The number of benzene rings is 1. The molecule has 0 fully saturated rings. The van der Waals surface area contributed by atoms with Gasteiger partial charge in [-0.1, -0.05) is 24.3 Å². The van der Waals surface area contributed by atoms with E-state index in [9.17, 15) is 14.7 Å². The van der Waals surface area contributed by atoms with Gasteiger partial charge in [0, 0.05) is 11.8 Å². The summed E-state index contributed by atoms with van der Waals surface area (Å²) in [6.07, 6.45) is 0. The van der Waals surface area contributed by atoms with E-state index in [2.05, 4.69) is 0 Å². The first-order chi connectivity index (χ1) is 8.11. The van der Waals surface area contributed by atoms with Gasteiger partial charge < -0.3 is 5.11 Å². The van der Waals surface area contributed by atoms with Gasteiger partial charge >= 0.3 is 5.97 Å². The molecule has 0 aliphatic rings. The molecule has 0 aliphatic carbocycles. The molecule has 0 spiro atoms. The first-order valence-corrected chi connectivity index (χ1v) is 5.12. The fourth-order valence-corrected chi connectivity index (χ4v) is 1.73. The highest BCUT2D eigenvalue weighted by Crippen LogP contribution is 2.11. The number of carbonyl (C=O) groups is 1. The number of para-hydroxylation sites is 1. The Bertz CT molecular complexity index is 614. The van der Waals surface area contributed by atoms with E-state index < -0.39 is 5.97 Å². The van der Waals surface area contributed by atoms with Gasteiger partial charge in [0.15, 0.2) is 0 Å². The van der Waals surface area contributed by atoms with E-state index in [1.807, 2.05) is 6.07 Å². The third-order valence-electron chi connectivity index (χ3n) is 2.51. The second-order valence-electron chi connectivity index (χ2n) is 3.68. The number of hydrogen-bond acceptors (Lipinski definition) is 2. The van der Waals surface area contributed by atoms with Gasteiger partial charge in [0.25, 0.3) is 5.56 Å². The van der Waals surface area contributed by atoms with Crippen LogP contribution in [0.25, 0.3) is 5.69 Å². The van der Waals surface area contributed by atoms with Crippen LogP contribution in [0.5, 0.6) is 0 Å². The quantitative estimate of drug-likeness (QED) is 0.854. The van der Waals surface area contributed by atoms with Crippen LogP contribution in [0, 0.1) is 6.92 Å². The molecular weight excluding hydrogens is 218 g/mol. The monoisotopic (exact) mass is 229 g/mol. The molecule has 0 saturated carbocycles.